The molecule has 9 nitrogen and oxygen atoms in total. The normalized spacial score (nSPS) is 15.6. The Bertz CT molecular complexity index is 1260. The lowest BCUT2D eigenvalue weighted by molar-refractivity contribution is -0.384. The molecule has 2 aromatic carbocycles. The first-order valence-electron chi connectivity index (χ1n) is 11.2. The first kappa shape index (κ1) is 23.9. The Morgan fingerprint density at radius 2 is 1.94 bits per heavy atom. The van der Waals surface area contributed by atoms with Gasteiger partial charge in [-0.2, -0.15) is 0 Å². The predicted octanol–water partition coefficient (Wildman–Crippen LogP) is 4.23. The Morgan fingerprint density at radius 3 is 2.66 bits per heavy atom. The number of non-ortho nitro benzene ring substituents is 1. The maximum atomic E-state index is 13.0. The standard InChI is InChI=1S/C26H25N3O6/c1-17-7-9-18(10-8-17)25(30)28-23(26(31)27-16-22-6-3-13-34-22)15-21-11-12-24(35-21)19-4-2-5-20(14-19)29(32)33/h2,4-5,7-12,14-15,22H,3,6,13,16H2,1H3,(H,27,31)(H,28,30)/b23-15-/t22-/m0/s1. The van der Waals surface area contributed by atoms with Crippen LogP contribution in [-0.2, 0) is 9.53 Å². The van der Waals surface area contributed by atoms with E-state index in [4.69, 9.17) is 9.15 Å². The van der Waals surface area contributed by atoms with Gasteiger partial charge < -0.3 is 19.8 Å². The number of carbonyl (C=O) groups excluding carboxylic acids is 2. The molecule has 3 aromatic rings. The number of nitrogens with one attached hydrogen (secondary N) is 2. The number of ether oxygens (including phenoxy) is 1. The molecule has 1 aromatic heterocycles. The van der Waals surface area contributed by atoms with E-state index >= 15 is 0 Å². The number of amides is 2. The number of hydrogen-bond donors (Lipinski definition) is 2. The predicted molar refractivity (Wildman–Crippen MR) is 129 cm³/mol. The number of rotatable bonds is 8. The van der Waals surface area contributed by atoms with Crippen molar-refractivity contribution >= 4 is 23.6 Å². The first-order chi connectivity index (χ1) is 16.9. The second-order valence-corrected chi connectivity index (χ2v) is 8.23. The van der Waals surface area contributed by atoms with Gasteiger partial charge in [-0.3, -0.25) is 19.7 Å². The largest absolute Gasteiger partial charge is 0.457 e. The Morgan fingerprint density at radius 1 is 1.14 bits per heavy atom. The Kier molecular flexibility index (Phi) is 7.37. The number of carbonyl (C=O) groups is 2. The second kappa shape index (κ2) is 10.8. The lowest BCUT2D eigenvalue weighted by Gasteiger charge is -2.13. The van der Waals surface area contributed by atoms with Crippen molar-refractivity contribution in [2.45, 2.75) is 25.9 Å². The van der Waals surface area contributed by atoms with Gasteiger partial charge >= 0.3 is 0 Å². The fourth-order valence-electron chi connectivity index (χ4n) is 3.67. The molecule has 1 saturated heterocycles. The molecule has 1 aliphatic rings. The lowest BCUT2D eigenvalue weighted by atomic mass is 10.1. The minimum absolute atomic E-state index is 0.00788. The van der Waals surface area contributed by atoms with E-state index in [2.05, 4.69) is 10.6 Å². The van der Waals surface area contributed by atoms with Gasteiger partial charge in [0.1, 0.15) is 17.2 Å². The summed E-state index contributed by atoms with van der Waals surface area (Å²) >= 11 is 0. The summed E-state index contributed by atoms with van der Waals surface area (Å²) in [5.41, 5.74) is 1.89. The van der Waals surface area contributed by atoms with Crippen molar-refractivity contribution in [3.63, 3.8) is 0 Å². The topological polar surface area (TPSA) is 124 Å². The molecule has 0 bridgehead atoms. The summed E-state index contributed by atoms with van der Waals surface area (Å²) < 4.78 is 11.4. The summed E-state index contributed by atoms with van der Waals surface area (Å²) in [4.78, 5) is 36.3. The molecular formula is C26H25N3O6. The SMILES string of the molecule is Cc1ccc(C(=O)N/C(=C\c2ccc(-c3cccc([N+](=O)[O-])c3)o2)C(=O)NC[C@@H]2CCCO2)cc1. The average molecular weight is 476 g/mol. The van der Waals surface area contributed by atoms with Gasteiger partial charge in [-0.15, -0.1) is 0 Å². The zero-order valence-corrected chi connectivity index (χ0v) is 19.2. The number of nitro benzene ring substituents is 1. The number of benzene rings is 2. The Labute approximate surface area is 201 Å². The van der Waals surface area contributed by atoms with Gasteiger partial charge in [-0.05, 0) is 44.0 Å². The molecule has 180 valence electrons. The number of nitro groups is 1. The molecular weight excluding hydrogens is 450 g/mol. The summed E-state index contributed by atoms with van der Waals surface area (Å²) in [7, 11) is 0. The minimum atomic E-state index is -0.482. The number of furan rings is 1. The fraction of sp³-hybridized carbons (Fsp3) is 0.231. The van der Waals surface area contributed by atoms with E-state index in [9.17, 15) is 19.7 Å². The summed E-state index contributed by atoms with van der Waals surface area (Å²) in [6.07, 6.45) is 3.18. The third-order valence-electron chi connectivity index (χ3n) is 5.58. The Balaban J connectivity index is 1.57. The summed E-state index contributed by atoms with van der Waals surface area (Å²) in [5, 5.41) is 16.6. The summed E-state index contributed by atoms with van der Waals surface area (Å²) in [6, 6.07) is 16.3. The third-order valence-corrected chi connectivity index (χ3v) is 5.58. The molecule has 2 amide bonds. The highest BCUT2D eigenvalue weighted by atomic mass is 16.6. The highest BCUT2D eigenvalue weighted by Crippen LogP contribution is 2.26. The van der Waals surface area contributed by atoms with E-state index in [-0.39, 0.29) is 17.5 Å². The van der Waals surface area contributed by atoms with Crippen LogP contribution in [0, 0.1) is 17.0 Å². The van der Waals surface area contributed by atoms with Crippen LogP contribution in [0.1, 0.15) is 34.5 Å². The van der Waals surface area contributed by atoms with E-state index in [1.165, 1.54) is 18.2 Å². The van der Waals surface area contributed by atoms with E-state index in [1.807, 2.05) is 19.1 Å². The summed E-state index contributed by atoms with van der Waals surface area (Å²) in [6.45, 7) is 2.91. The van der Waals surface area contributed by atoms with Crippen molar-refractivity contribution in [3.8, 4) is 11.3 Å². The molecule has 0 aliphatic carbocycles. The quantitative estimate of drug-likeness (QED) is 0.285. The van der Waals surface area contributed by atoms with Gasteiger partial charge in [0.05, 0.1) is 11.0 Å². The van der Waals surface area contributed by atoms with Gasteiger partial charge in [-0.25, -0.2) is 0 Å². The molecule has 0 spiro atoms. The highest BCUT2D eigenvalue weighted by Gasteiger charge is 2.20. The molecule has 2 heterocycles. The monoisotopic (exact) mass is 475 g/mol. The van der Waals surface area contributed by atoms with E-state index in [0.29, 0.717) is 35.8 Å². The van der Waals surface area contributed by atoms with Crippen LogP contribution in [0.2, 0.25) is 0 Å². The number of nitrogens with zero attached hydrogens (tertiary/aromatic N) is 1. The number of hydrogen-bond acceptors (Lipinski definition) is 6. The van der Waals surface area contributed by atoms with Gasteiger partial charge in [0.2, 0.25) is 0 Å². The van der Waals surface area contributed by atoms with Crippen LogP contribution in [0.25, 0.3) is 17.4 Å². The zero-order valence-electron chi connectivity index (χ0n) is 19.2. The van der Waals surface area contributed by atoms with E-state index in [0.717, 1.165) is 18.4 Å². The fourth-order valence-corrected chi connectivity index (χ4v) is 3.67. The zero-order chi connectivity index (χ0) is 24.8. The van der Waals surface area contributed by atoms with Crippen molar-refractivity contribution in [3.05, 3.63) is 93.4 Å². The minimum Gasteiger partial charge on any atom is -0.457 e. The van der Waals surface area contributed by atoms with Crippen LogP contribution in [0.15, 0.2) is 70.8 Å². The van der Waals surface area contributed by atoms with Crippen molar-refractivity contribution < 1.29 is 23.7 Å². The van der Waals surface area contributed by atoms with Crippen LogP contribution >= 0.6 is 0 Å². The van der Waals surface area contributed by atoms with Crippen LogP contribution < -0.4 is 10.6 Å². The van der Waals surface area contributed by atoms with Crippen molar-refractivity contribution in [2.24, 2.45) is 0 Å². The average Bonchev–Trinajstić information content (AvgIpc) is 3.55. The second-order valence-electron chi connectivity index (χ2n) is 8.23. The maximum Gasteiger partial charge on any atom is 0.270 e. The molecule has 1 fully saturated rings. The van der Waals surface area contributed by atoms with Gasteiger partial charge in [0.15, 0.2) is 0 Å². The van der Waals surface area contributed by atoms with Crippen molar-refractivity contribution in [2.75, 3.05) is 13.2 Å². The third kappa shape index (κ3) is 6.21. The van der Waals surface area contributed by atoms with Crippen LogP contribution in [0.3, 0.4) is 0 Å². The van der Waals surface area contributed by atoms with Gasteiger partial charge in [-0.1, -0.05) is 29.8 Å². The molecule has 35 heavy (non-hydrogen) atoms. The van der Waals surface area contributed by atoms with Crippen LogP contribution in [-0.4, -0.2) is 36.0 Å². The molecule has 0 radical (unpaired) electrons. The molecule has 2 N–H and O–H groups in total. The van der Waals surface area contributed by atoms with E-state index < -0.39 is 16.7 Å². The smallest absolute Gasteiger partial charge is 0.270 e. The van der Waals surface area contributed by atoms with Crippen molar-refractivity contribution in [1.29, 1.82) is 0 Å². The summed E-state index contributed by atoms with van der Waals surface area (Å²) in [5.74, 6) is -0.217. The van der Waals surface area contributed by atoms with E-state index in [1.54, 1.807) is 36.4 Å². The molecule has 0 saturated carbocycles. The van der Waals surface area contributed by atoms with Crippen molar-refractivity contribution in [1.82, 2.24) is 10.6 Å². The first-order valence-corrected chi connectivity index (χ1v) is 11.2. The molecule has 9 heteroatoms. The molecule has 0 unspecified atom stereocenters. The van der Waals surface area contributed by atoms with Crippen LogP contribution in [0.5, 0.6) is 0 Å². The molecule has 1 atom stereocenters. The Hall–Kier alpha value is -4.24. The van der Waals surface area contributed by atoms with Gasteiger partial charge in [0.25, 0.3) is 17.5 Å². The highest BCUT2D eigenvalue weighted by molar-refractivity contribution is 6.05. The molecule has 4 rings (SSSR count). The van der Waals surface area contributed by atoms with Gasteiger partial charge in [0, 0.05) is 42.5 Å². The maximum absolute atomic E-state index is 13.0. The molecule has 1 aliphatic heterocycles. The number of aryl methyl sites for hydroxylation is 1. The van der Waals surface area contributed by atoms with Crippen LogP contribution in [0.4, 0.5) is 5.69 Å². The lowest BCUT2D eigenvalue weighted by Crippen LogP contribution is -2.38.